The number of hydrogen-bond acceptors (Lipinski definition) is 1. The van der Waals surface area contributed by atoms with Gasteiger partial charge in [0, 0.05) is 22.8 Å². The molecule has 0 saturated carbocycles. The fourth-order valence-electron chi connectivity index (χ4n) is 2.44. The van der Waals surface area contributed by atoms with Crippen molar-refractivity contribution in [1.29, 1.82) is 0 Å². The van der Waals surface area contributed by atoms with Crippen LogP contribution in [0, 0.1) is 0 Å². The van der Waals surface area contributed by atoms with E-state index in [0.717, 1.165) is 21.3 Å². The molecule has 1 atom stereocenters. The number of halogens is 1. The number of anilines is 1. The van der Waals surface area contributed by atoms with Gasteiger partial charge in [0.2, 0.25) is 0 Å². The lowest BCUT2D eigenvalue weighted by Crippen LogP contribution is -2.39. The maximum atomic E-state index is 12.0. The number of hydrogen-bond donors (Lipinski definition) is 1. The van der Waals surface area contributed by atoms with E-state index >= 15 is 0 Å². The Balaban J connectivity index is 2.17. The zero-order valence-electron chi connectivity index (χ0n) is 10.4. The van der Waals surface area contributed by atoms with Crippen molar-refractivity contribution in [1.82, 2.24) is 4.90 Å². The standard InChI is InChI=1S/C15H13BrN2O/c1-18-14(10-5-3-2-4-6-10)12-9-11(16)7-8-13(12)17-15(18)19/h2-9,14H,1H3,(H,17,19). The van der Waals surface area contributed by atoms with Crippen molar-refractivity contribution in [3.8, 4) is 0 Å². The Hall–Kier alpha value is -1.81. The quantitative estimate of drug-likeness (QED) is 0.846. The van der Waals surface area contributed by atoms with E-state index in [-0.39, 0.29) is 12.1 Å². The molecule has 0 fully saturated rings. The average molecular weight is 317 g/mol. The van der Waals surface area contributed by atoms with Crippen LogP contribution in [0.4, 0.5) is 10.5 Å². The molecule has 96 valence electrons. The van der Waals surface area contributed by atoms with Crippen molar-refractivity contribution in [2.75, 3.05) is 12.4 Å². The van der Waals surface area contributed by atoms with Crippen molar-refractivity contribution in [2.24, 2.45) is 0 Å². The molecule has 2 aromatic rings. The summed E-state index contributed by atoms with van der Waals surface area (Å²) in [4.78, 5) is 13.8. The number of nitrogens with one attached hydrogen (secondary N) is 1. The molecule has 0 bridgehead atoms. The molecule has 0 spiro atoms. The molecule has 0 aromatic heterocycles. The second-order valence-electron chi connectivity index (χ2n) is 4.59. The molecule has 0 radical (unpaired) electrons. The number of benzene rings is 2. The summed E-state index contributed by atoms with van der Waals surface area (Å²) in [7, 11) is 1.82. The monoisotopic (exact) mass is 316 g/mol. The van der Waals surface area contributed by atoms with Crippen LogP contribution in [-0.2, 0) is 0 Å². The fraction of sp³-hybridized carbons (Fsp3) is 0.133. The molecule has 4 heteroatoms. The summed E-state index contributed by atoms with van der Waals surface area (Å²) in [5.74, 6) is 0. The van der Waals surface area contributed by atoms with Crippen molar-refractivity contribution in [2.45, 2.75) is 6.04 Å². The third-order valence-electron chi connectivity index (χ3n) is 3.37. The zero-order chi connectivity index (χ0) is 13.4. The van der Waals surface area contributed by atoms with Crippen molar-refractivity contribution in [3.05, 3.63) is 64.1 Å². The van der Waals surface area contributed by atoms with Crippen molar-refractivity contribution in [3.63, 3.8) is 0 Å². The second-order valence-corrected chi connectivity index (χ2v) is 5.50. The van der Waals surface area contributed by atoms with Crippen LogP contribution in [0.2, 0.25) is 0 Å². The minimum absolute atomic E-state index is 0.0533. The molecule has 2 aromatic carbocycles. The van der Waals surface area contributed by atoms with Gasteiger partial charge in [0.25, 0.3) is 0 Å². The Morgan fingerprint density at radius 3 is 2.63 bits per heavy atom. The van der Waals surface area contributed by atoms with E-state index in [2.05, 4.69) is 27.3 Å². The molecule has 1 N–H and O–H groups in total. The number of urea groups is 1. The summed E-state index contributed by atoms with van der Waals surface area (Å²) < 4.78 is 1.01. The molecular weight excluding hydrogens is 304 g/mol. The van der Waals surface area contributed by atoms with Crippen LogP contribution in [-0.4, -0.2) is 18.0 Å². The molecule has 1 aliphatic heterocycles. The van der Waals surface area contributed by atoms with E-state index in [0.29, 0.717) is 0 Å². The average Bonchev–Trinajstić information content (AvgIpc) is 2.42. The van der Waals surface area contributed by atoms with Crippen LogP contribution in [0.3, 0.4) is 0 Å². The topological polar surface area (TPSA) is 32.3 Å². The predicted octanol–water partition coefficient (Wildman–Crippen LogP) is 4.02. The molecule has 2 amide bonds. The highest BCUT2D eigenvalue weighted by Gasteiger charge is 2.30. The number of fused-ring (bicyclic) bond motifs is 1. The largest absolute Gasteiger partial charge is 0.322 e. The van der Waals surface area contributed by atoms with E-state index in [1.165, 1.54) is 0 Å². The molecule has 3 rings (SSSR count). The first-order valence-corrected chi connectivity index (χ1v) is 6.84. The molecule has 0 aliphatic carbocycles. The van der Waals surface area contributed by atoms with E-state index in [1.54, 1.807) is 4.90 Å². The molecular formula is C15H13BrN2O. The smallest absolute Gasteiger partial charge is 0.316 e. The zero-order valence-corrected chi connectivity index (χ0v) is 12.0. The molecule has 0 saturated heterocycles. The van der Waals surface area contributed by atoms with Gasteiger partial charge in [0.05, 0.1) is 6.04 Å². The van der Waals surface area contributed by atoms with Gasteiger partial charge in [0.15, 0.2) is 0 Å². The van der Waals surface area contributed by atoms with Crippen LogP contribution in [0.5, 0.6) is 0 Å². The normalized spacial score (nSPS) is 17.9. The molecule has 1 unspecified atom stereocenters. The van der Waals surface area contributed by atoms with Crippen LogP contribution < -0.4 is 5.32 Å². The lowest BCUT2D eigenvalue weighted by molar-refractivity contribution is 0.209. The Bertz CT molecular complexity index is 627. The number of carbonyl (C=O) groups is 1. The van der Waals surface area contributed by atoms with Crippen LogP contribution in [0.15, 0.2) is 53.0 Å². The second kappa shape index (κ2) is 4.70. The Kier molecular flexibility index (Phi) is 3.03. The predicted molar refractivity (Wildman–Crippen MR) is 79.2 cm³/mol. The highest BCUT2D eigenvalue weighted by molar-refractivity contribution is 9.10. The Morgan fingerprint density at radius 2 is 1.89 bits per heavy atom. The highest BCUT2D eigenvalue weighted by Crippen LogP contribution is 2.37. The number of nitrogens with zero attached hydrogens (tertiary/aromatic N) is 1. The number of rotatable bonds is 1. The van der Waals surface area contributed by atoms with Crippen LogP contribution in [0.1, 0.15) is 17.2 Å². The maximum Gasteiger partial charge on any atom is 0.322 e. The number of carbonyl (C=O) groups excluding carboxylic acids is 1. The molecule has 1 heterocycles. The van der Waals surface area contributed by atoms with E-state index in [9.17, 15) is 4.79 Å². The van der Waals surface area contributed by atoms with Gasteiger partial charge in [0.1, 0.15) is 0 Å². The van der Waals surface area contributed by atoms with Crippen molar-refractivity contribution >= 4 is 27.6 Å². The lowest BCUT2D eigenvalue weighted by atomic mass is 9.94. The van der Waals surface area contributed by atoms with Crippen LogP contribution in [0.25, 0.3) is 0 Å². The minimum atomic E-state index is -0.0799. The summed E-state index contributed by atoms with van der Waals surface area (Å²) in [5.41, 5.74) is 3.09. The first-order valence-electron chi connectivity index (χ1n) is 6.05. The third-order valence-corrected chi connectivity index (χ3v) is 3.87. The van der Waals surface area contributed by atoms with Gasteiger partial charge in [-0.1, -0.05) is 46.3 Å². The van der Waals surface area contributed by atoms with Gasteiger partial charge in [-0.3, -0.25) is 0 Å². The van der Waals surface area contributed by atoms with Gasteiger partial charge in [-0.25, -0.2) is 4.79 Å². The summed E-state index contributed by atoms with van der Waals surface area (Å²) in [6, 6.07) is 15.9. The SMILES string of the molecule is CN1C(=O)Nc2ccc(Br)cc2C1c1ccccc1. The molecule has 1 aliphatic rings. The molecule has 19 heavy (non-hydrogen) atoms. The summed E-state index contributed by atoms with van der Waals surface area (Å²) in [6.45, 7) is 0. The number of amides is 2. The third kappa shape index (κ3) is 2.12. The van der Waals surface area contributed by atoms with Gasteiger partial charge in [-0.2, -0.15) is 0 Å². The minimum Gasteiger partial charge on any atom is -0.316 e. The van der Waals surface area contributed by atoms with Crippen molar-refractivity contribution < 1.29 is 4.79 Å². The Labute approximate surface area is 120 Å². The maximum absolute atomic E-state index is 12.0. The summed E-state index contributed by atoms with van der Waals surface area (Å²) in [5, 5.41) is 2.90. The fourth-order valence-corrected chi connectivity index (χ4v) is 2.82. The first-order chi connectivity index (χ1) is 9.16. The van der Waals surface area contributed by atoms with E-state index in [4.69, 9.17) is 0 Å². The van der Waals surface area contributed by atoms with Crippen LogP contribution >= 0.6 is 15.9 Å². The highest BCUT2D eigenvalue weighted by atomic mass is 79.9. The van der Waals surface area contributed by atoms with Gasteiger partial charge in [-0.05, 0) is 23.8 Å². The Morgan fingerprint density at radius 1 is 1.16 bits per heavy atom. The summed E-state index contributed by atoms with van der Waals surface area (Å²) >= 11 is 3.49. The van der Waals surface area contributed by atoms with Gasteiger partial charge in [-0.15, -0.1) is 0 Å². The first kappa shape index (κ1) is 12.2. The summed E-state index contributed by atoms with van der Waals surface area (Å²) in [6.07, 6.45) is 0. The van der Waals surface area contributed by atoms with Gasteiger partial charge >= 0.3 is 6.03 Å². The molecule has 3 nitrogen and oxygen atoms in total. The van der Waals surface area contributed by atoms with Gasteiger partial charge < -0.3 is 10.2 Å². The van der Waals surface area contributed by atoms with E-state index < -0.39 is 0 Å². The lowest BCUT2D eigenvalue weighted by Gasteiger charge is -2.35. The van der Waals surface area contributed by atoms with E-state index in [1.807, 2.05) is 49.5 Å².